The van der Waals surface area contributed by atoms with Gasteiger partial charge in [-0.3, -0.25) is 0 Å². The third kappa shape index (κ3) is 3.92. The Hall–Kier alpha value is -1.97. The van der Waals surface area contributed by atoms with E-state index in [1.165, 1.54) is 22.3 Å². The Morgan fingerprint density at radius 1 is 1.11 bits per heavy atom. The highest BCUT2D eigenvalue weighted by Crippen LogP contribution is 2.39. The molecule has 4 rings (SSSR count). The molecule has 2 aliphatic rings. The van der Waals surface area contributed by atoms with Gasteiger partial charge in [0.2, 0.25) is 5.95 Å². The zero-order valence-electron chi connectivity index (χ0n) is 16.5. The molecule has 0 aliphatic heterocycles. The van der Waals surface area contributed by atoms with Crippen LogP contribution in [0.3, 0.4) is 0 Å². The molecule has 152 valence electrons. The average molecular weight is 405 g/mol. The van der Waals surface area contributed by atoms with E-state index in [-0.39, 0.29) is 5.16 Å². The van der Waals surface area contributed by atoms with E-state index in [0.717, 1.165) is 57.2 Å². The smallest absolute Gasteiger partial charge is 0.275 e. The minimum atomic E-state index is -3.69. The summed E-state index contributed by atoms with van der Waals surface area (Å²) in [6.07, 6.45) is 7.38. The van der Waals surface area contributed by atoms with Crippen LogP contribution in [0.4, 0.5) is 11.6 Å². The lowest BCUT2D eigenvalue weighted by Gasteiger charge is -2.15. The lowest BCUT2D eigenvalue weighted by molar-refractivity contribution is 0.400. The molecule has 1 aromatic carbocycles. The Kier molecular flexibility index (Phi) is 5.39. The maximum Gasteiger partial charge on any atom is 0.275 e. The van der Waals surface area contributed by atoms with Gasteiger partial charge in [0.25, 0.3) is 15.2 Å². The van der Waals surface area contributed by atoms with E-state index in [1.54, 1.807) is 0 Å². The van der Waals surface area contributed by atoms with Crippen LogP contribution in [0.2, 0.25) is 0 Å². The van der Waals surface area contributed by atoms with Gasteiger partial charge in [-0.05, 0) is 87.8 Å². The first kappa shape index (κ1) is 19.4. The molecular weight excluding hydrogens is 376 g/mol. The predicted molar refractivity (Wildman–Crippen MR) is 109 cm³/mol. The first-order valence-corrected chi connectivity index (χ1v) is 11.4. The summed E-state index contributed by atoms with van der Waals surface area (Å²) in [7, 11) is 0.226. The van der Waals surface area contributed by atoms with Gasteiger partial charge < -0.3 is 10.2 Å². The Morgan fingerprint density at radius 2 is 1.79 bits per heavy atom. The van der Waals surface area contributed by atoms with Crippen molar-refractivity contribution in [1.82, 2.24) is 24.8 Å². The highest BCUT2D eigenvalue weighted by atomic mass is 32.2. The van der Waals surface area contributed by atoms with Gasteiger partial charge in [0.05, 0.1) is 0 Å². The van der Waals surface area contributed by atoms with E-state index in [4.69, 9.17) is 0 Å². The SMILES string of the molecule is CN(C)CCCNS(=O)(=O)c1nc(Nc2c3c(cc4c2CCC4)CCC3)n[nH]1. The number of sulfonamides is 1. The van der Waals surface area contributed by atoms with Crippen molar-refractivity contribution in [3.63, 3.8) is 0 Å². The number of rotatable bonds is 8. The van der Waals surface area contributed by atoms with Crippen LogP contribution in [0, 0.1) is 0 Å². The van der Waals surface area contributed by atoms with Crippen molar-refractivity contribution in [1.29, 1.82) is 0 Å². The molecule has 2 aromatic rings. The molecule has 28 heavy (non-hydrogen) atoms. The van der Waals surface area contributed by atoms with Crippen molar-refractivity contribution in [2.45, 2.75) is 50.1 Å². The first-order chi connectivity index (χ1) is 13.4. The molecule has 1 heterocycles. The Morgan fingerprint density at radius 3 is 2.43 bits per heavy atom. The number of nitrogens with one attached hydrogen (secondary N) is 3. The van der Waals surface area contributed by atoms with Gasteiger partial charge in [-0.25, -0.2) is 18.2 Å². The molecule has 0 saturated heterocycles. The lowest BCUT2D eigenvalue weighted by Crippen LogP contribution is -2.28. The van der Waals surface area contributed by atoms with Gasteiger partial charge in [0.15, 0.2) is 0 Å². The Balaban J connectivity index is 1.50. The maximum absolute atomic E-state index is 12.4. The molecule has 8 nitrogen and oxygen atoms in total. The van der Waals surface area contributed by atoms with E-state index >= 15 is 0 Å². The zero-order chi connectivity index (χ0) is 19.7. The van der Waals surface area contributed by atoms with Crippen molar-refractivity contribution < 1.29 is 8.42 Å². The van der Waals surface area contributed by atoms with Crippen LogP contribution in [0.1, 0.15) is 41.5 Å². The molecule has 0 fully saturated rings. The van der Waals surface area contributed by atoms with Gasteiger partial charge in [-0.1, -0.05) is 6.07 Å². The van der Waals surface area contributed by atoms with Gasteiger partial charge in [0, 0.05) is 12.2 Å². The highest BCUT2D eigenvalue weighted by Gasteiger charge is 2.25. The number of aromatic amines is 1. The maximum atomic E-state index is 12.4. The molecule has 0 spiro atoms. The third-order valence-corrected chi connectivity index (χ3v) is 6.78. The second kappa shape index (κ2) is 7.81. The number of nitrogens with zero attached hydrogens (tertiary/aromatic N) is 3. The van der Waals surface area contributed by atoms with Crippen LogP contribution in [0.25, 0.3) is 0 Å². The highest BCUT2D eigenvalue weighted by molar-refractivity contribution is 7.89. The van der Waals surface area contributed by atoms with Crippen LogP contribution in [-0.2, 0) is 35.7 Å². The topological polar surface area (TPSA) is 103 Å². The molecule has 9 heteroatoms. The lowest BCUT2D eigenvalue weighted by atomic mass is 9.99. The van der Waals surface area contributed by atoms with Gasteiger partial charge in [-0.15, -0.1) is 5.10 Å². The van der Waals surface area contributed by atoms with Crippen molar-refractivity contribution in [2.75, 3.05) is 32.5 Å². The number of anilines is 2. The van der Waals surface area contributed by atoms with Crippen LogP contribution >= 0.6 is 0 Å². The number of aromatic nitrogens is 3. The van der Waals surface area contributed by atoms with E-state index in [9.17, 15) is 8.42 Å². The molecule has 2 aliphatic carbocycles. The second-order valence-electron chi connectivity index (χ2n) is 7.88. The third-order valence-electron chi connectivity index (χ3n) is 5.50. The largest absolute Gasteiger partial charge is 0.322 e. The normalized spacial score (nSPS) is 15.8. The quantitative estimate of drug-likeness (QED) is 0.579. The van der Waals surface area contributed by atoms with Crippen molar-refractivity contribution >= 4 is 21.7 Å². The fourth-order valence-corrected chi connectivity index (χ4v) is 5.09. The molecule has 0 saturated carbocycles. The fraction of sp³-hybridized carbons (Fsp3) is 0.579. The predicted octanol–water partition coefficient (Wildman–Crippen LogP) is 1.76. The summed E-state index contributed by atoms with van der Waals surface area (Å²) in [6, 6.07) is 2.36. The van der Waals surface area contributed by atoms with E-state index in [0.29, 0.717) is 12.5 Å². The van der Waals surface area contributed by atoms with Gasteiger partial charge in [-0.2, -0.15) is 4.98 Å². The van der Waals surface area contributed by atoms with E-state index in [1.807, 2.05) is 19.0 Å². The summed E-state index contributed by atoms with van der Waals surface area (Å²) in [5.41, 5.74) is 6.61. The minimum Gasteiger partial charge on any atom is -0.322 e. The molecule has 0 atom stereocenters. The summed E-state index contributed by atoms with van der Waals surface area (Å²) in [4.78, 5) is 6.22. The summed E-state index contributed by atoms with van der Waals surface area (Å²) in [5.74, 6) is 0.308. The summed E-state index contributed by atoms with van der Waals surface area (Å²) >= 11 is 0. The number of benzene rings is 1. The standard InChI is InChI=1S/C19H28N6O2S/c1-25(2)11-5-10-20-28(26,27)19-22-18(23-24-19)21-17-15-8-3-6-13(15)12-14-7-4-9-16(14)17/h12,20H,3-11H2,1-2H3,(H2,21,22,23,24). The van der Waals surface area contributed by atoms with Crippen LogP contribution in [0.5, 0.6) is 0 Å². The zero-order valence-corrected chi connectivity index (χ0v) is 17.3. The minimum absolute atomic E-state index is 0.149. The number of H-pyrrole nitrogens is 1. The molecule has 3 N–H and O–H groups in total. The second-order valence-corrected chi connectivity index (χ2v) is 9.56. The molecule has 0 unspecified atom stereocenters. The Labute approximate surface area is 166 Å². The van der Waals surface area contributed by atoms with E-state index < -0.39 is 10.0 Å². The Bertz CT molecular complexity index is 935. The van der Waals surface area contributed by atoms with Gasteiger partial charge >= 0.3 is 0 Å². The summed E-state index contributed by atoms with van der Waals surface area (Å²) in [6.45, 7) is 1.18. The van der Waals surface area contributed by atoms with E-state index in [2.05, 4.69) is 31.3 Å². The number of hydrogen-bond donors (Lipinski definition) is 3. The average Bonchev–Trinajstić information content (AvgIpc) is 3.38. The molecular formula is C19H28N6O2S. The summed E-state index contributed by atoms with van der Waals surface area (Å²) in [5, 5.41) is 9.86. The molecule has 0 amide bonds. The van der Waals surface area contributed by atoms with Crippen LogP contribution < -0.4 is 10.0 Å². The van der Waals surface area contributed by atoms with Crippen LogP contribution in [-0.4, -0.2) is 55.7 Å². The monoisotopic (exact) mass is 404 g/mol. The molecule has 1 aromatic heterocycles. The van der Waals surface area contributed by atoms with Crippen molar-refractivity contribution in [2.24, 2.45) is 0 Å². The number of hydrogen-bond acceptors (Lipinski definition) is 6. The van der Waals surface area contributed by atoms with Crippen LogP contribution in [0.15, 0.2) is 11.2 Å². The fourth-order valence-electron chi connectivity index (χ4n) is 4.17. The number of aryl methyl sites for hydroxylation is 2. The van der Waals surface area contributed by atoms with Gasteiger partial charge in [0.1, 0.15) is 0 Å². The first-order valence-electron chi connectivity index (χ1n) is 9.94. The molecule has 0 radical (unpaired) electrons. The summed E-state index contributed by atoms with van der Waals surface area (Å²) < 4.78 is 27.4. The van der Waals surface area contributed by atoms with Crippen molar-refractivity contribution in [3.05, 3.63) is 28.3 Å². The number of fused-ring (bicyclic) bond motifs is 2. The molecule has 0 bridgehead atoms. The van der Waals surface area contributed by atoms with Crippen molar-refractivity contribution in [3.8, 4) is 0 Å².